The summed E-state index contributed by atoms with van der Waals surface area (Å²) in [5.41, 5.74) is 4.47. The lowest BCUT2D eigenvalue weighted by Gasteiger charge is -2.23. The molecule has 1 aliphatic carbocycles. The highest BCUT2D eigenvalue weighted by molar-refractivity contribution is 6.30. The molecule has 0 aromatic heterocycles. The molecular formula is C28H24ClF3O. The molecule has 0 bridgehead atoms. The average molecular weight is 469 g/mol. The predicted molar refractivity (Wildman–Crippen MR) is 126 cm³/mol. The molecule has 2 unspecified atom stereocenters. The molecule has 5 heteroatoms. The van der Waals surface area contributed by atoms with Gasteiger partial charge in [0, 0.05) is 29.0 Å². The molecule has 3 aromatic carbocycles. The number of aryl methyl sites for hydroxylation is 1. The molecule has 0 aliphatic heterocycles. The van der Waals surface area contributed by atoms with E-state index in [9.17, 15) is 18.0 Å². The van der Waals surface area contributed by atoms with E-state index in [0.29, 0.717) is 23.6 Å². The van der Waals surface area contributed by atoms with Gasteiger partial charge >= 0.3 is 0 Å². The van der Waals surface area contributed by atoms with Crippen LogP contribution in [0.1, 0.15) is 58.8 Å². The van der Waals surface area contributed by atoms with Crippen LogP contribution in [0.5, 0.6) is 0 Å². The number of hydrogen-bond donors (Lipinski definition) is 0. The van der Waals surface area contributed by atoms with Gasteiger partial charge in [0.2, 0.25) is 0 Å². The molecule has 1 aliphatic rings. The highest BCUT2D eigenvalue weighted by atomic mass is 35.5. The van der Waals surface area contributed by atoms with E-state index >= 15 is 0 Å². The van der Waals surface area contributed by atoms with Crippen LogP contribution in [0.15, 0.2) is 60.7 Å². The fourth-order valence-corrected chi connectivity index (χ4v) is 5.02. The summed E-state index contributed by atoms with van der Waals surface area (Å²) in [4.78, 5) is 13.5. The first-order valence-corrected chi connectivity index (χ1v) is 11.5. The van der Waals surface area contributed by atoms with Crippen molar-refractivity contribution in [1.29, 1.82) is 0 Å². The van der Waals surface area contributed by atoms with Crippen LogP contribution in [0.2, 0.25) is 5.02 Å². The number of carbonyl (C=O) groups excluding carboxylic acids is 1. The Bertz CT molecular complexity index is 1210. The lowest BCUT2D eigenvalue weighted by molar-refractivity contribution is 0.0908. The molecule has 0 fully saturated rings. The quantitative estimate of drug-likeness (QED) is 0.335. The number of allylic oxidation sites excluding steroid dienone is 2. The van der Waals surface area contributed by atoms with Crippen LogP contribution in [0.3, 0.4) is 0 Å². The zero-order valence-corrected chi connectivity index (χ0v) is 19.2. The van der Waals surface area contributed by atoms with Crippen molar-refractivity contribution in [2.45, 2.75) is 39.0 Å². The highest BCUT2D eigenvalue weighted by Gasteiger charge is 2.38. The lowest BCUT2D eigenvalue weighted by Crippen LogP contribution is -2.22. The number of ketones is 1. The number of hydrogen-bond acceptors (Lipinski definition) is 1. The highest BCUT2D eigenvalue weighted by Crippen LogP contribution is 2.45. The van der Waals surface area contributed by atoms with Crippen molar-refractivity contribution in [2.75, 3.05) is 0 Å². The van der Waals surface area contributed by atoms with Crippen LogP contribution in [-0.4, -0.2) is 5.78 Å². The van der Waals surface area contributed by atoms with Gasteiger partial charge in [-0.1, -0.05) is 61.9 Å². The Balaban J connectivity index is 1.84. The fraction of sp³-hybridized carbons (Fsp3) is 0.250. The van der Waals surface area contributed by atoms with Crippen molar-refractivity contribution >= 4 is 23.0 Å². The Morgan fingerprint density at radius 3 is 2.24 bits per heavy atom. The summed E-state index contributed by atoms with van der Waals surface area (Å²) in [5.74, 6) is -5.10. The maximum atomic E-state index is 14.5. The van der Waals surface area contributed by atoms with Gasteiger partial charge in [-0.25, -0.2) is 13.2 Å². The summed E-state index contributed by atoms with van der Waals surface area (Å²) in [6.07, 6.45) is 3.97. The van der Waals surface area contributed by atoms with Crippen molar-refractivity contribution in [3.8, 4) is 0 Å². The molecule has 33 heavy (non-hydrogen) atoms. The first-order chi connectivity index (χ1) is 15.8. The van der Waals surface area contributed by atoms with E-state index in [1.807, 2.05) is 30.3 Å². The molecule has 0 saturated heterocycles. The minimum absolute atomic E-state index is 0.320. The second kappa shape index (κ2) is 9.56. The number of Topliss-reactive ketones (excluding diaryl/α,β-unsaturated/α-hetero) is 1. The summed E-state index contributed by atoms with van der Waals surface area (Å²) < 4.78 is 42.6. The number of carbonyl (C=O) groups is 1. The molecule has 1 nitrogen and oxygen atoms in total. The summed E-state index contributed by atoms with van der Waals surface area (Å²) in [6, 6.07) is 14.4. The van der Waals surface area contributed by atoms with E-state index in [0.717, 1.165) is 35.1 Å². The molecule has 0 radical (unpaired) electrons. The van der Waals surface area contributed by atoms with Gasteiger partial charge in [-0.2, -0.15) is 0 Å². The maximum Gasteiger partial charge on any atom is 0.173 e. The van der Waals surface area contributed by atoms with Crippen LogP contribution < -0.4 is 0 Å². The zero-order chi connectivity index (χ0) is 23.7. The van der Waals surface area contributed by atoms with Gasteiger partial charge in [-0.15, -0.1) is 0 Å². The van der Waals surface area contributed by atoms with Crippen molar-refractivity contribution in [1.82, 2.24) is 0 Å². The number of rotatable bonds is 6. The van der Waals surface area contributed by atoms with Gasteiger partial charge in [-0.3, -0.25) is 4.79 Å². The molecule has 0 spiro atoms. The molecule has 3 aromatic rings. The average Bonchev–Trinajstić information content (AvgIpc) is 3.23. The normalized spacial score (nSPS) is 17.8. The summed E-state index contributed by atoms with van der Waals surface area (Å²) in [7, 11) is 0. The summed E-state index contributed by atoms with van der Waals surface area (Å²) in [5, 5.41) is 0.598. The fourth-order valence-electron chi connectivity index (χ4n) is 4.90. The van der Waals surface area contributed by atoms with E-state index in [1.54, 1.807) is 12.1 Å². The van der Waals surface area contributed by atoms with E-state index in [2.05, 4.69) is 19.9 Å². The van der Waals surface area contributed by atoms with Gasteiger partial charge in [0.05, 0.1) is 5.56 Å². The Kier molecular flexibility index (Phi) is 6.76. The van der Waals surface area contributed by atoms with Gasteiger partial charge in [0.1, 0.15) is 17.5 Å². The number of halogens is 4. The molecule has 4 rings (SSSR count). The Hall–Kier alpha value is -2.85. The van der Waals surface area contributed by atoms with Crippen molar-refractivity contribution in [3.05, 3.63) is 111 Å². The van der Waals surface area contributed by atoms with Crippen molar-refractivity contribution in [3.63, 3.8) is 0 Å². The standard InChI is InChI=1S/C28H24ClF3O/c1-3-16-6-5-7-22(21(16)4-2)23-12-18(17-8-10-19(29)11-9-17)13-24(23)28(33)27-25(31)14-20(30)15-26(27)32/h5-12,14-15,23-24H,3-4,13H2,1-2H3. The van der Waals surface area contributed by atoms with Gasteiger partial charge in [0.25, 0.3) is 0 Å². The third kappa shape index (κ3) is 4.49. The van der Waals surface area contributed by atoms with Crippen molar-refractivity contribution < 1.29 is 18.0 Å². The van der Waals surface area contributed by atoms with Crippen LogP contribution in [0, 0.1) is 23.4 Å². The van der Waals surface area contributed by atoms with Crippen LogP contribution in [0.4, 0.5) is 13.2 Å². The van der Waals surface area contributed by atoms with Gasteiger partial charge < -0.3 is 0 Å². The second-order valence-electron chi connectivity index (χ2n) is 8.34. The third-order valence-electron chi connectivity index (χ3n) is 6.46. The largest absolute Gasteiger partial charge is 0.294 e. The molecule has 0 saturated carbocycles. The predicted octanol–water partition coefficient (Wildman–Crippen LogP) is 7.95. The molecule has 170 valence electrons. The van der Waals surface area contributed by atoms with Crippen LogP contribution >= 0.6 is 11.6 Å². The molecule has 2 atom stereocenters. The monoisotopic (exact) mass is 468 g/mol. The van der Waals surface area contributed by atoms with E-state index < -0.39 is 34.7 Å². The van der Waals surface area contributed by atoms with Crippen LogP contribution in [-0.2, 0) is 12.8 Å². The van der Waals surface area contributed by atoms with Gasteiger partial charge in [0.15, 0.2) is 5.78 Å². The van der Waals surface area contributed by atoms with Crippen molar-refractivity contribution in [2.24, 2.45) is 5.92 Å². The first-order valence-electron chi connectivity index (χ1n) is 11.1. The smallest absolute Gasteiger partial charge is 0.173 e. The third-order valence-corrected chi connectivity index (χ3v) is 6.71. The Labute approximate surface area is 196 Å². The minimum Gasteiger partial charge on any atom is -0.294 e. The van der Waals surface area contributed by atoms with Gasteiger partial charge in [-0.05, 0) is 59.2 Å². The molecule has 0 N–H and O–H groups in total. The SMILES string of the molecule is CCc1cccc(C2C=C(c3ccc(Cl)cc3)CC2C(=O)c2c(F)cc(F)cc2F)c1CC. The summed E-state index contributed by atoms with van der Waals surface area (Å²) in [6.45, 7) is 4.14. The van der Waals surface area contributed by atoms with Crippen LogP contribution in [0.25, 0.3) is 5.57 Å². The maximum absolute atomic E-state index is 14.5. The Morgan fingerprint density at radius 2 is 1.64 bits per heavy atom. The second-order valence-corrected chi connectivity index (χ2v) is 8.77. The molecular weight excluding hydrogens is 445 g/mol. The number of benzene rings is 3. The molecule has 0 heterocycles. The zero-order valence-electron chi connectivity index (χ0n) is 18.5. The van der Waals surface area contributed by atoms with E-state index in [1.165, 1.54) is 5.56 Å². The topological polar surface area (TPSA) is 17.1 Å². The Morgan fingerprint density at radius 1 is 0.970 bits per heavy atom. The summed E-state index contributed by atoms with van der Waals surface area (Å²) >= 11 is 6.04. The van der Waals surface area contributed by atoms with E-state index in [4.69, 9.17) is 11.6 Å². The lowest BCUT2D eigenvalue weighted by atomic mass is 9.79. The minimum atomic E-state index is -1.17. The van der Waals surface area contributed by atoms with E-state index in [-0.39, 0.29) is 5.92 Å². The first kappa shape index (κ1) is 23.3. The molecule has 0 amide bonds.